The highest BCUT2D eigenvalue weighted by Gasteiger charge is 2.18. The molecule has 2 amide bonds. The zero-order chi connectivity index (χ0) is 18.9. The van der Waals surface area contributed by atoms with E-state index < -0.39 is 5.97 Å². The molecule has 2 rings (SSSR count). The van der Waals surface area contributed by atoms with E-state index in [2.05, 4.69) is 5.32 Å². The van der Waals surface area contributed by atoms with Gasteiger partial charge in [-0.3, -0.25) is 9.59 Å². The van der Waals surface area contributed by atoms with Gasteiger partial charge in [0.25, 0.3) is 5.91 Å². The second-order valence-corrected chi connectivity index (χ2v) is 7.57. The molecule has 0 radical (unpaired) electrons. The number of hydrogen-bond donors (Lipinski definition) is 1. The van der Waals surface area contributed by atoms with Gasteiger partial charge in [-0.05, 0) is 25.0 Å². The molecule has 1 N–H and O–H groups in total. The third-order valence-corrected chi connectivity index (χ3v) is 5.32. The molecule has 0 heterocycles. The summed E-state index contributed by atoms with van der Waals surface area (Å²) >= 11 is 1.28. The molecule has 7 heteroatoms. The maximum atomic E-state index is 12.3. The Balaban J connectivity index is 1.86. The van der Waals surface area contributed by atoms with Crippen LogP contribution in [0.5, 0.6) is 0 Å². The van der Waals surface area contributed by atoms with Crippen LogP contribution in [0, 0.1) is 0 Å². The quantitative estimate of drug-likeness (QED) is 0.583. The van der Waals surface area contributed by atoms with Crippen LogP contribution in [0.15, 0.2) is 29.2 Å². The van der Waals surface area contributed by atoms with Crippen molar-refractivity contribution < 1.29 is 19.1 Å². The second kappa shape index (κ2) is 10.2. The fourth-order valence-corrected chi connectivity index (χ4v) is 3.77. The van der Waals surface area contributed by atoms with E-state index in [0.717, 1.165) is 25.7 Å². The Bertz CT molecular complexity index is 642. The third-order valence-electron chi connectivity index (χ3n) is 4.26. The molecule has 1 fully saturated rings. The molecular weight excluding hydrogens is 352 g/mol. The Kier molecular flexibility index (Phi) is 7.97. The van der Waals surface area contributed by atoms with Crippen molar-refractivity contribution in [2.45, 2.75) is 43.0 Å². The van der Waals surface area contributed by atoms with Crippen molar-refractivity contribution >= 4 is 29.5 Å². The Morgan fingerprint density at radius 3 is 2.54 bits per heavy atom. The van der Waals surface area contributed by atoms with Crippen LogP contribution in [0.25, 0.3) is 0 Å². The first-order valence-electron chi connectivity index (χ1n) is 8.86. The Hall–Kier alpha value is -2.02. The average Bonchev–Trinajstić information content (AvgIpc) is 2.65. The monoisotopic (exact) mass is 378 g/mol. The standard InChI is InChI=1S/C19H26N2O4S/c1-21(2)18(23)13-26-16-11-7-6-10-15(16)19(24)25-12-17(22)20-14-8-4-3-5-9-14/h6-7,10-11,14H,3-5,8-9,12-13H2,1-2H3,(H,20,22). The van der Waals surface area contributed by atoms with Gasteiger partial charge >= 0.3 is 5.97 Å². The second-order valence-electron chi connectivity index (χ2n) is 6.55. The third kappa shape index (κ3) is 6.37. The van der Waals surface area contributed by atoms with Gasteiger partial charge in [0.1, 0.15) is 0 Å². The lowest BCUT2D eigenvalue weighted by atomic mass is 9.95. The summed E-state index contributed by atoms with van der Waals surface area (Å²) in [5.74, 6) is -0.619. The Labute approximate surface area is 158 Å². The molecule has 0 saturated heterocycles. The zero-order valence-corrected chi connectivity index (χ0v) is 16.1. The van der Waals surface area contributed by atoms with Gasteiger partial charge in [-0.25, -0.2) is 4.79 Å². The molecule has 26 heavy (non-hydrogen) atoms. The minimum absolute atomic E-state index is 0.0370. The normalized spacial score (nSPS) is 14.5. The van der Waals surface area contributed by atoms with Crippen LogP contribution in [-0.2, 0) is 14.3 Å². The SMILES string of the molecule is CN(C)C(=O)CSc1ccccc1C(=O)OCC(=O)NC1CCCCC1. The maximum Gasteiger partial charge on any atom is 0.339 e. The molecule has 0 aromatic heterocycles. The van der Waals surface area contributed by atoms with Crippen LogP contribution < -0.4 is 5.32 Å². The molecule has 0 spiro atoms. The van der Waals surface area contributed by atoms with E-state index in [1.165, 1.54) is 23.1 Å². The van der Waals surface area contributed by atoms with Gasteiger partial charge < -0.3 is 15.0 Å². The van der Waals surface area contributed by atoms with Crippen LogP contribution in [-0.4, -0.2) is 55.2 Å². The summed E-state index contributed by atoms with van der Waals surface area (Å²) in [7, 11) is 3.38. The first-order valence-corrected chi connectivity index (χ1v) is 9.84. The predicted molar refractivity (Wildman–Crippen MR) is 101 cm³/mol. The number of rotatable bonds is 7. The molecule has 1 aliphatic carbocycles. The van der Waals surface area contributed by atoms with E-state index in [1.54, 1.807) is 38.4 Å². The highest BCUT2D eigenvalue weighted by Crippen LogP contribution is 2.23. The van der Waals surface area contributed by atoms with Gasteiger partial charge in [0.05, 0.1) is 11.3 Å². The number of thioether (sulfide) groups is 1. The number of nitrogens with one attached hydrogen (secondary N) is 1. The lowest BCUT2D eigenvalue weighted by Gasteiger charge is -2.22. The number of carbonyl (C=O) groups is 3. The minimum atomic E-state index is -0.552. The van der Waals surface area contributed by atoms with E-state index in [0.29, 0.717) is 10.5 Å². The lowest BCUT2D eigenvalue weighted by molar-refractivity contribution is -0.126. The molecule has 1 saturated carbocycles. The molecule has 142 valence electrons. The number of ether oxygens (including phenoxy) is 1. The van der Waals surface area contributed by atoms with E-state index in [-0.39, 0.29) is 30.2 Å². The van der Waals surface area contributed by atoms with Gasteiger partial charge in [-0.2, -0.15) is 0 Å². The number of amides is 2. The summed E-state index contributed by atoms with van der Waals surface area (Å²) in [6, 6.07) is 7.14. The molecular formula is C19H26N2O4S. The predicted octanol–water partition coefficient (Wildman–Crippen LogP) is 2.47. The van der Waals surface area contributed by atoms with Gasteiger partial charge in [0, 0.05) is 25.0 Å². The summed E-state index contributed by atoms with van der Waals surface area (Å²) in [4.78, 5) is 38.2. The average molecular weight is 378 g/mol. The molecule has 1 aromatic carbocycles. The van der Waals surface area contributed by atoms with Crippen molar-refractivity contribution in [1.82, 2.24) is 10.2 Å². The van der Waals surface area contributed by atoms with Crippen LogP contribution in [0.1, 0.15) is 42.5 Å². The molecule has 0 bridgehead atoms. The summed E-state index contributed by atoms with van der Waals surface area (Å²) in [6.45, 7) is -0.287. The van der Waals surface area contributed by atoms with Crippen LogP contribution in [0.4, 0.5) is 0 Å². The molecule has 1 aromatic rings. The smallest absolute Gasteiger partial charge is 0.339 e. The molecule has 6 nitrogen and oxygen atoms in total. The van der Waals surface area contributed by atoms with Crippen molar-refractivity contribution in [2.75, 3.05) is 26.5 Å². The largest absolute Gasteiger partial charge is 0.452 e. The summed E-state index contributed by atoms with van der Waals surface area (Å²) in [6.07, 6.45) is 5.44. The van der Waals surface area contributed by atoms with Crippen molar-refractivity contribution in [2.24, 2.45) is 0 Å². The highest BCUT2D eigenvalue weighted by atomic mass is 32.2. The molecule has 1 aliphatic rings. The van der Waals surface area contributed by atoms with Crippen molar-refractivity contribution in [3.8, 4) is 0 Å². The van der Waals surface area contributed by atoms with E-state index in [9.17, 15) is 14.4 Å². The molecule has 0 aliphatic heterocycles. The van der Waals surface area contributed by atoms with Crippen molar-refractivity contribution in [3.63, 3.8) is 0 Å². The van der Waals surface area contributed by atoms with Gasteiger partial charge in [-0.15, -0.1) is 11.8 Å². The van der Waals surface area contributed by atoms with Crippen molar-refractivity contribution in [1.29, 1.82) is 0 Å². The van der Waals surface area contributed by atoms with E-state index in [1.807, 2.05) is 0 Å². The molecule has 0 atom stereocenters. The topological polar surface area (TPSA) is 75.7 Å². The van der Waals surface area contributed by atoms with Gasteiger partial charge in [0.15, 0.2) is 6.61 Å². The summed E-state index contributed by atoms with van der Waals surface area (Å²) in [5.41, 5.74) is 0.370. The number of benzene rings is 1. The number of nitrogens with zero attached hydrogens (tertiary/aromatic N) is 1. The fraction of sp³-hybridized carbons (Fsp3) is 0.526. The van der Waals surface area contributed by atoms with Crippen LogP contribution in [0.2, 0.25) is 0 Å². The fourth-order valence-electron chi connectivity index (χ4n) is 2.75. The highest BCUT2D eigenvalue weighted by molar-refractivity contribution is 8.00. The Morgan fingerprint density at radius 1 is 1.15 bits per heavy atom. The Morgan fingerprint density at radius 2 is 1.85 bits per heavy atom. The maximum absolute atomic E-state index is 12.3. The summed E-state index contributed by atoms with van der Waals surface area (Å²) in [5, 5.41) is 2.92. The van der Waals surface area contributed by atoms with Crippen LogP contribution >= 0.6 is 11.8 Å². The molecule has 0 unspecified atom stereocenters. The van der Waals surface area contributed by atoms with Gasteiger partial charge in [-0.1, -0.05) is 31.4 Å². The zero-order valence-electron chi connectivity index (χ0n) is 15.3. The summed E-state index contributed by atoms with van der Waals surface area (Å²) < 4.78 is 5.17. The first-order chi connectivity index (χ1) is 12.5. The lowest BCUT2D eigenvalue weighted by Crippen LogP contribution is -2.38. The van der Waals surface area contributed by atoms with Crippen LogP contribution in [0.3, 0.4) is 0 Å². The number of esters is 1. The van der Waals surface area contributed by atoms with Crippen molar-refractivity contribution in [3.05, 3.63) is 29.8 Å². The number of carbonyl (C=O) groups excluding carboxylic acids is 3. The first kappa shape index (κ1) is 20.3. The van der Waals surface area contributed by atoms with E-state index >= 15 is 0 Å². The van der Waals surface area contributed by atoms with E-state index in [4.69, 9.17) is 4.74 Å². The number of hydrogen-bond acceptors (Lipinski definition) is 5. The minimum Gasteiger partial charge on any atom is -0.452 e. The van der Waals surface area contributed by atoms with Gasteiger partial charge in [0.2, 0.25) is 5.91 Å².